The van der Waals surface area contributed by atoms with Gasteiger partial charge in [-0.05, 0) is 26.7 Å². The Labute approximate surface area is 206 Å². The molecule has 32 heavy (non-hydrogen) atoms. The zero-order chi connectivity index (χ0) is 24.1. The first-order valence-corrected chi connectivity index (χ1v) is 11.7. The van der Waals surface area contributed by atoms with Gasteiger partial charge >= 0.3 is 41.0 Å². The van der Waals surface area contributed by atoms with E-state index in [0.717, 1.165) is 19.3 Å². The van der Waals surface area contributed by atoms with E-state index in [-0.39, 0.29) is 53.6 Å². The Balaban J connectivity index is 0. The minimum absolute atomic E-state index is 0. The first-order valence-electron chi connectivity index (χ1n) is 10.1. The van der Waals surface area contributed by atoms with Crippen LogP contribution >= 0.6 is 0 Å². The van der Waals surface area contributed by atoms with E-state index in [1.54, 1.807) is 0 Å². The van der Waals surface area contributed by atoms with E-state index >= 15 is 0 Å². The topological polar surface area (TPSA) is 133 Å². The van der Waals surface area contributed by atoms with E-state index in [1.165, 1.54) is 13.8 Å². The lowest BCUT2D eigenvalue weighted by molar-refractivity contribution is -0.171. The Morgan fingerprint density at radius 2 is 1.38 bits per heavy atom. The molecule has 0 aromatic heterocycles. The van der Waals surface area contributed by atoms with Crippen molar-refractivity contribution in [2.45, 2.75) is 59.3 Å². The Morgan fingerprint density at radius 1 is 0.875 bits per heavy atom. The summed E-state index contributed by atoms with van der Waals surface area (Å²) in [5.41, 5.74) is -1.19. The van der Waals surface area contributed by atoms with Crippen molar-refractivity contribution in [2.24, 2.45) is 5.41 Å². The van der Waals surface area contributed by atoms with Crippen LogP contribution in [-0.4, -0.2) is 79.5 Å². The molecule has 11 heteroatoms. The molecule has 0 bridgehead atoms. The molecule has 0 amide bonds. The highest BCUT2D eigenvalue weighted by atomic mass is 32.2. The fraction of sp³-hybridized carbons (Fsp3) is 0.667. The first kappa shape index (κ1) is 32.7. The summed E-state index contributed by atoms with van der Waals surface area (Å²) in [5.74, 6) is -2.77. The Kier molecular flexibility index (Phi) is 16.6. The van der Waals surface area contributed by atoms with E-state index in [2.05, 4.69) is 13.2 Å². The lowest BCUT2D eigenvalue weighted by Gasteiger charge is -2.30. The zero-order valence-corrected chi connectivity index (χ0v) is 19.4. The molecule has 0 aromatic carbocycles. The molecule has 0 unspecified atom stereocenters. The second-order valence-corrected chi connectivity index (χ2v) is 9.15. The summed E-state index contributed by atoms with van der Waals surface area (Å²) in [6, 6.07) is 0. The smallest absolute Gasteiger partial charge is 0.333 e. The van der Waals surface area contributed by atoms with Crippen LogP contribution in [0, 0.1) is 5.41 Å². The van der Waals surface area contributed by atoms with Crippen molar-refractivity contribution >= 4 is 51.1 Å². The fourth-order valence-corrected chi connectivity index (χ4v) is 2.99. The van der Waals surface area contributed by atoms with Gasteiger partial charge < -0.3 is 14.2 Å². The zero-order valence-electron chi connectivity index (χ0n) is 18.6. The molecular formula is C21H36MgO9S. The number of rotatable bonds is 16. The van der Waals surface area contributed by atoms with Gasteiger partial charge in [-0.3, -0.25) is 9.35 Å². The number of carbonyl (C=O) groups excluding carboxylic acids is 3. The summed E-state index contributed by atoms with van der Waals surface area (Å²) < 4.78 is 46.1. The molecule has 0 aliphatic rings. The lowest BCUT2D eigenvalue weighted by Crippen LogP contribution is -2.43. The first-order chi connectivity index (χ1) is 14.3. The third-order valence-electron chi connectivity index (χ3n) is 4.38. The van der Waals surface area contributed by atoms with Crippen LogP contribution < -0.4 is 0 Å². The van der Waals surface area contributed by atoms with Crippen molar-refractivity contribution < 1.29 is 41.6 Å². The maximum absolute atomic E-state index is 13.0. The Bertz CT molecular complexity index is 729. The minimum Gasteiger partial charge on any atom is -0.465 e. The molecule has 0 radical (unpaired) electrons. The van der Waals surface area contributed by atoms with Gasteiger partial charge in [0.25, 0.3) is 10.1 Å². The van der Waals surface area contributed by atoms with Gasteiger partial charge in [-0.15, -0.1) is 0 Å². The van der Waals surface area contributed by atoms with Crippen LogP contribution in [-0.2, 0) is 38.7 Å². The summed E-state index contributed by atoms with van der Waals surface area (Å²) in [5, 5.41) is 0. The van der Waals surface area contributed by atoms with Crippen molar-refractivity contribution in [1.82, 2.24) is 0 Å². The van der Waals surface area contributed by atoms with Crippen LogP contribution in [0.25, 0.3) is 0 Å². The Morgan fingerprint density at radius 3 is 1.78 bits per heavy atom. The molecule has 0 rings (SSSR count). The van der Waals surface area contributed by atoms with Gasteiger partial charge in [-0.1, -0.05) is 45.8 Å². The largest absolute Gasteiger partial charge is 0.465 e. The molecule has 0 heterocycles. The molecule has 0 aromatic rings. The predicted molar refractivity (Wildman–Crippen MR) is 123 cm³/mol. The van der Waals surface area contributed by atoms with Crippen LogP contribution in [0.2, 0.25) is 0 Å². The number of unbranched alkanes of at least 4 members (excludes halogenated alkanes) is 3. The molecule has 1 N–H and O–H groups in total. The molecule has 0 saturated carbocycles. The average molecular weight is 489 g/mol. The second kappa shape index (κ2) is 16.2. The quantitative estimate of drug-likeness (QED) is 0.0865. The monoisotopic (exact) mass is 488 g/mol. The number of hydrogen-bond acceptors (Lipinski definition) is 8. The van der Waals surface area contributed by atoms with E-state index in [1.807, 2.05) is 6.92 Å². The predicted octanol–water partition coefficient (Wildman–Crippen LogP) is 2.09. The van der Waals surface area contributed by atoms with Gasteiger partial charge in [0.05, 0.1) is 12.4 Å². The molecular weight excluding hydrogens is 453 g/mol. The van der Waals surface area contributed by atoms with E-state index in [0.29, 0.717) is 6.42 Å². The summed E-state index contributed by atoms with van der Waals surface area (Å²) in [6.45, 7) is 10.9. The summed E-state index contributed by atoms with van der Waals surface area (Å²) in [6.07, 6.45) is 3.38. The van der Waals surface area contributed by atoms with E-state index in [9.17, 15) is 22.8 Å². The SMILES string of the molecule is C=C(C)C(=O)OCC(CCCCCC)(COC(=O)C(=C)C)C(=O)OCCCS(=O)(=O)O.[MgH2]. The van der Waals surface area contributed by atoms with E-state index < -0.39 is 52.4 Å². The molecule has 0 spiro atoms. The molecule has 0 aliphatic heterocycles. The summed E-state index contributed by atoms with van der Waals surface area (Å²) >= 11 is 0. The maximum Gasteiger partial charge on any atom is 0.333 e. The Hall–Kier alpha value is -1.43. The number of carbonyl (C=O) groups is 3. The highest BCUT2D eigenvalue weighted by molar-refractivity contribution is 7.85. The van der Waals surface area contributed by atoms with Crippen molar-refractivity contribution in [3.8, 4) is 0 Å². The average Bonchev–Trinajstić information content (AvgIpc) is 2.68. The van der Waals surface area contributed by atoms with Crippen molar-refractivity contribution in [3.05, 3.63) is 24.3 Å². The van der Waals surface area contributed by atoms with Crippen LogP contribution in [0.5, 0.6) is 0 Å². The molecule has 0 fully saturated rings. The highest BCUT2D eigenvalue weighted by Crippen LogP contribution is 2.30. The molecule has 9 nitrogen and oxygen atoms in total. The third-order valence-corrected chi connectivity index (χ3v) is 5.18. The van der Waals surface area contributed by atoms with Crippen LogP contribution in [0.1, 0.15) is 59.3 Å². The van der Waals surface area contributed by atoms with Gasteiger partial charge in [-0.25, -0.2) is 9.59 Å². The number of esters is 3. The normalized spacial score (nSPS) is 11.1. The fourth-order valence-electron chi connectivity index (χ4n) is 2.51. The molecule has 0 aliphatic carbocycles. The van der Waals surface area contributed by atoms with Gasteiger partial charge in [0.1, 0.15) is 18.6 Å². The maximum atomic E-state index is 13.0. The van der Waals surface area contributed by atoms with E-state index in [4.69, 9.17) is 18.8 Å². The van der Waals surface area contributed by atoms with Crippen LogP contribution in [0.3, 0.4) is 0 Å². The molecule has 0 atom stereocenters. The van der Waals surface area contributed by atoms with Crippen molar-refractivity contribution in [3.63, 3.8) is 0 Å². The van der Waals surface area contributed by atoms with Crippen molar-refractivity contribution in [2.75, 3.05) is 25.6 Å². The van der Waals surface area contributed by atoms with Gasteiger partial charge in [-0.2, -0.15) is 8.42 Å². The highest BCUT2D eigenvalue weighted by Gasteiger charge is 2.43. The molecule has 0 saturated heterocycles. The van der Waals surface area contributed by atoms with Gasteiger partial charge in [0, 0.05) is 11.1 Å². The molecule has 182 valence electrons. The summed E-state index contributed by atoms with van der Waals surface area (Å²) in [4.78, 5) is 36.8. The lowest BCUT2D eigenvalue weighted by atomic mass is 9.83. The van der Waals surface area contributed by atoms with Crippen molar-refractivity contribution in [1.29, 1.82) is 0 Å². The number of ether oxygens (including phenoxy) is 3. The van der Waals surface area contributed by atoms with Crippen LogP contribution in [0.15, 0.2) is 24.3 Å². The third kappa shape index (κ3) is 13.9. The number of hydrogen-bond donors (Lipinski definition) is 1. The standard InChI is InChI=1S/C21H34O9S.Mg.2H/c1-6-7-8-9-11-21(14-29-18(22)16(2)3,15-30-19(23)17(4)5)20(24)28-12-10-13-31(25,26)27;;;/h2,4,6-15H2,1,3,5H3,(H,25,26,27);;;. The minimum atomic E-state index is -4.19. The van der Waals surface area contributed by atoms with Crippen LogP contribution in [0.4, 0.5) is 0 Å². The van der Waals surface area contributed by atoms with Gasteiger partial charge in [0.15, 0.2) is 0 Å². The summed E-state index contributed by atoms with van der Waals surface area (Å²) in [7, 11) is -4.19. The second-order valence-electron chi connectivity index (χ2n) is 7.58. The van der Waals surface area contributed by atoms with Gasteiger partial charge in [0.2, 0.25) is 0 Å².